The number of rotatable bonds is 8. The molecule has 0 N–H and O–H groups in total. The molecular weight excluding hydrogens is 278 g/mol. The molecule has 0 bridgehead atoms. The summed E-state index contributed by atoms with van der Waals surface area (Å²) >= 11 is 0. The highest BCUT2D eigenvalue weighted by molar-refractivity contribution is 7.85. The third-order valence-corrected chi connectivity index (χ3v) is 3.78. The lowest BCUT2D eigenvalue weighted by Gasteiger charge is -2.38. The highest BCUT2D eigenvalue weighted by Crippen LogP contribution is 2.15. The third kappa shape index (κ3) is 5.58. The number of ether oxygens (including phenoxy) is 1. The molecule has 1 aromatic rings. The van der Waals surface area contributed by atoms with E-state index in [0.717, 1.165) is 25.9 Å². The molecule has 1 fully saturated rings. The maximum atomic E-state index is 10.8. The summed E-state index contributed by atoms with van der Waals surface area (Å²) in [4.78, 5) is 2.24. The van der Waals surface area contributed by atoms with E-state index in [0.29, 0.717) is 25.7 Å². The van der Waals surface area contributed by atoms with Gasteiger partial charge in [-0.3, -0.25) is 4.18 Å². The summed E-state index contributed by atoms with van der Waals surface area (Å²) in [6, 6.07) is 10.1. The molecule has 5 nitrogen and oxygen atoms in total. The van der Waals surface area contributed by atoms with Crippen LogP contribution in [-0.4, -0.2) is 52.4 Å². The van der Waals surface area contributed by atoms with E-state index in [4.69, 9.17) is 8.92 Å². The van der Waals surface area contributed by atoms with E-state index in [2.05, 4.69) is 4.90 Å². The highest BCUT2D eigenvalue weighted by atomic mass is 32.2. The predicted octanol–water partition coefficient (Wildman–Crippen LogP) is 1.11. The zero-order chi connectivity index (χ0) is 14.4. The lowest BCUT2D eigenvalue weighted by atomic mass is 10.0. The summed E-state index contributed by atoms with van der Waals surface area (Å²) in [7, 11) is -3.31. The van der Waals surface area contributed by atoms with Gasteiger partial charge in [-0.1, -0.05) is 30.3 Å². The molecule has 0 radical (unpaired) electrons. The second-order valence-corrected chi connectivity index (χ2v) is 6.80. The maximum Gasteiger partial charge on any atom is 0.264 e. The highest BCUT2D eigenvalue weighted by Gasteiger charge is 2.27. The van der Waals surface area contributed by atoms with Crippen LogP contribution in [0.2, 0.25) is 0 Å². The minimum atomic E-state index is -3.31. The van der Waals surface area contributed by atoms with Crippen molar-refractivity contribution in [2.75, 3.05) is 39.1 Å². The molecule has 0 aromatic heterocycles. The number of hydrogen-bond donors (Lipinski definition) is 0. The maximum absolute atomic E-state index is 10.8. The average molecular weight is 299 g/mol. The normalized spacial score (nSPS) is 17.1. The Morgan fingerprint density at radius 2 is 1.95 bits per heavy atom. The van der Waals surface area contributed by atoms with Crippen LogP contribution in [0.3, 0.4) is 0 Å². The second-order valence-electron chi connectivity index (χ2n) is 5.15. The summed E-state index contributed by atoms with van der Waals surface area (Å²) in [6.45, 7) is 4.25. The minimum Gasteiger partial charge on any atom is -0.375 e. The molecule has 1 aliphatic heterocycles. The lowest BCUT2D eigenvalue weighted by molar-refractivity contribution is 0.0264. The van der Waals surface area contributed by atoms with Gasteiger partial charge in [0.1, 0.15) is 0 Å². The molecule has 20 heavy (non-hydrogen) atoms. The van der Waals surface area contributed by atoms with Crippen LogP contribution >= 0.6 is 0 Å². The van der Waals surface area contributed by atoms with Crippen LogP contribution in [0, 0.1) is 5.92 Å². The molecule has 0 saturated carbocycles. The summed E-state index contributed by atoms with van der Waals surface area (Å²) < 4.78 is 32.1. The fourth-order valence-corrected chi connectivity index (χ4v) is 2.58. The van der Waals surface area contributed by atoms with E-state index in [-0.39, 0.29) is 0 Å². The molecule has 0 aliphatic carbocycles. The molecule has 1 aromatic carbocycles. The Morgan fingerprint density at radius 3 is 2.60 bits per heavy atom. The van der Waals surface area contributed by atoms with Crippen molar-refractivity contribution in [3.05, 3.63) is 35.9 Å². The molecule has 0 atom stereocenters. The van der Waals surface area contributed by atoms with E-state index in [9.17, 15) is 8.42 Å². The molecule has 6 heteroatoms. The quantitative estimate of drug-likeness (QED) is 0.532. The summed E-state index contributed by atoms with van der Waals surface area (Å²) in [5.74, 6) is 0.318. The van der Waals surface area contributed by atoms with Crippen molar-refractivity contribution < 1.29 is 17.3 Å². The fraction of sp³-hybridized carbons (Fsp3) is 0.571. The monoisotopic (exact) mass is 299 g/mol. The minimum absolute atomic E-state index is 0.292. The summed E-state index contributed by atoms with van der Waals surface area (Å²) in [5.41, 5.74) is 1.18. The number of nitrogens with zero attached hydrogens (tertiary/aromatic N) is 1. The van der Waals surface area contributed by atoms with Gasteiger partial charge >= 0.3 is 0 Å². The fourth-order valence-electron chi connectivity index (χ4n) is 2.14. The summed E-state index contributed by atoms with van der Waals surface area (Å²) in [6.07, 6.45) is 1.08. The third-order valence-electron chi connectivity index (χ3n) is 3.21. The van der Waals surface area contributed by atoms with E-state index in [1.54, 1.807) is 0 Å². The van der Waals surface area contributed by atoms with Gasteiger partial charge < -0.3 is 9.64 Å². The first kappa shape index (κ1) is 15.4. The molecule has 1 saturated heterocycles. The SMILES string of the molecule is CS(=O)(=O)OCC1CN(CCOCc2ccccc2)C1. The van der Waals surface area contributed by atoms with Gasteiger partial charge in [0.25, 0.3) is 10.1 Å². The van der Waals surface area contributed by atoms with Gasteiger partial charge in [0.2, 0.25) is 0 Å². The Labute approximate surface area is 120 Å². The van der Waals surface area contributed by atoms with E-state index in [1.165, 1.54) is 5.56 Å². The van der Waals surface area contributed by atoms with Crippen molar-refractivity contribution in [1.29, 1.82) is 0 Å². The van der Waals surface area contributed by atoms with Gasteiger partial charge in [-0.2, -0.15) is 8.42 Å². The van der Waals surface area contributed by atoms with Crippen molar-refractivity contribution in [3.63, 3.8) is 0 Å². The topological polar surface area (TPSA) is 55.8 Å². The van der Waals surface area contributed by atoms with Crippen molar-refractivity contribution >= 4 is 10.1 Å². The molecule has 2 rings (SSSR count). The van der Waals surface area contributed by atoms with Crippen LogP contribution in [-0.2, 0) is 25.6 Å². The molecule has 0 spiro atoms. The predicted molar refractivity (Wildman–Crippen MR) is 76.8 cm³/mol. The second kappa shape index (κ2) is 7.17. The van der Waals surface area contributed by atoms with Crippen LogP contribution in [0.1, 0.15) is 5.56 Å². The van der Waals surface area contributed by atoms with Crippen LogP contribution in [0.4, 0.5) is 0 Å². The van der Waals surface area contributed by atoms with Gasteiger partial charge in [-0.25, -0.2) is 0 Å². The summed E-state index contributed by atoms with van der Waals surface area (Å²) in [5, 5.41) is 0. The van der Waals surface area contributed by atoms with Gasteiger partial charge in [0.05, 0.1) is 26.1 Å². The Bertz CT molecular complexity index is 497. The Kier molecular flexibility index (Phi) is 5.54. The first-order valence-electron chi connectivity index (χ1n) is 6.71. The van der Waals surface area contributed by atoms with E-state index < -0.39 is 10.1 Å². The van der Waals surface area contributed by atoms with Crippen molar-refractivity contribution in [3.8, 4) is 0 Å². The molecule has 1 heterocycles. The van der Waals surface area contributed by atoms with Crippen LogP contribution in [0.5, 0.6) is 0 Å². The van der Waals surface area contributed by atoms with Crippen LogP contribution < -0.4 is 0 Å². The first-order valence-corrected chi connectivity index (χ1v) is 8.53. The van der Waals surface area contributed by atoms with Crippen molar-refractivity contribution in [2.45, 2.75) is 6.61 Å². The Morgan fingerprint density at radius 1 is 1.25 bits per heavy atom. The average Bonchev–Trinajstić information content (AvgIpc) is 2.35. The Balaban J connectivity index is 1.51. The van der Waals surface area contributed by atoms with Crippen molar-refractivity contribution in [1.82, 2.24) is 4.90 Å². The van der Waals surface area contributed by atoms with E-state index >= 15 is 0 Å². The van der Waals surface area contributed by atoms with Gasteiger partial charge in [0.15, 0.2) is 0 Å². The van der Waals surface area contributed by atoms with Gasteiger partial charge in [0, 0.05) is 25.6 Å². The molecule has 1 aliphatic rings. The number of hydrogen-bond acceptors (Lipinski definition) is 5. The Hall–Kier alpha value is -0.950. The van der Waals surface area contributed by atoms with Crippen LogP contribution in [0.15, 0.2) is 30.3 Å². The largest absolute Gasteiger partial charge is 0.375 e. The van der Waals surface area contributed by atoms with Crippen LogP contribution in [0.25, 0.3) is 0 Å². The smallest absolute Gasteiger partial charge is 0.264 e. The van der Waals surface area contributed by atoms with Crippen molar-refractivity contribution in [2.24, 2.45) is 5.92 Å². The number of likely N-dealkylation sites (tertiary alicyclic amines) is 1. The molecular formula is C14H21NO4S. The standard InChI is InChI=1S/C14H21NO4S/c1-20(16,17)19-12-14-9-15(10-14)7-8-18-11-13-5-3-2-4-6-13/h2-6,14H,7-12H2,1H3. The van der Waals surface area contributed by atoms with Gasteiger partial charge in [-0.05, 0) is 5.56 Å². The first-order chi connectivity index (χ1) is 9.53. The number of benzene rings is 1. The van der Waals surface area contributed by atoms with E-state index in [1.807, 2.05) is 30.3 Å². The zero-order valence-electron chi connectivity index (χ0n) is 11.7. The molecule has 0 amide bonds. The van der Waals surface area contributed by atoms with Gasteiger partial charge in [-0.15, -0.1) is 0 Å². The zero-order valence-corrected chi connectivity index (χ0v) is 12.5. The molecule has 112 valence electrons. The molecule has 0 unspecified atom stereocenters. The lowest BCUT2D eigenvalue weighted by Crippen LogP contribution is -2.49.